The Bertz CT molecular complexity index is 2800. The molecule has 28 heteroatoms. The second kappa shape index (κ2) is 31.3. The SMILES string of the molecule is COc1cc2cc(c1Cl)N(C)C(=O)C[C@H](OC(=O)Nc1cc(F)c(NC(=O)[C@H](CCCNC(N)=O)NC(=O)[C@@H](NC(=O)CCCCCOC(=O)C(CBr)CBr)C(C)C)cc1F)[C@]1(C)O[C@H]1[C@H](C)[C@@H]1C[C@@](O)(NC(=O)O1)[C@H](OC)/C=C/C=C(\C)C2. The van der Waals surface area contributed by atoms with Crippen molar-refractivity contribution in [2.45, 2.75) is 140 Å². The van der Waals surface area contributed by atoms with Gasteiger partial charge in [-0.3, -0.25) is 34.6 Å². The minimum Gasteiger partial charge on any atom is -0.495 e. The molecule has 23 nitrogen and oxygen atoms in total. The van der Waals surface area contributed by atoms with E-state index in [1.807, 2.05) is 6.92 Å². The minimum atomic E-state index is -1.96. The quantitative estimate of drug-likeness (QED) is 0.0180. The number of unbranched alkanes of at least 4 members (excludes halogenated alkanes) is 2. The molecule has 2 aromatic carbocycles. The normalized spacial score (nSPS) is 24.2. The van der Waals surface area contributed by atoms with Crippen LogP contribution >= 0.6 is 43.5 Å². The lowest BCUT2D eigenvalue weighted by Crippen LogP contribution is -2.63. The summed E-state index contributed by atoms with van der Waals surface area (Å²) in [4.78, 5) is 107. The number of esters is 1. The molecule has 3 heterocycles. The molecule has 2 fully saturated rings. The van der Waals surface area contributed by atoms with E-state index >= 15 is 8.78 Å². The van der Waals surface area contributed by atoms with Gasteiger partial charge in [0, 0.05) is 62.3 Å². The molecule has 3 aliphatic heterocycles. The first-order chi connectivity index (χ1) is 39.7. The number of urea groups is 1. The summed E-state index contributed by atoms with van der Waals surface area (Å²) >= 11 is 13.3. The molecule has 9 atom stereocenters. The number of nitrogens with two attached hydrogens (primary N) is 1. The van der Waals surface area contributed by atoms with Crippen LogP contribution in [0.25, 0.3) is 0 Å². The minimum absolute atomic E-state index is 0.0251. The Labute approximate surface area is 508 Å². The van der Waals surface area contributed by atoms with Crippen molar-refractivity contribution in [2.75, 3.05) is 60.6 Å². The molecule has 8 amide bonds. The van der Waals surface area contributed by atoms with Crippen LogP contribution in [-0.2, 0) is 54.1 Å². The van der Waals surface area contributed by atoms with Crippen LogP contribution in [-0.4, -0.2) is 146 Å². The fourth-order valence-corrected chi connectivity index (χ4v) is 11.6. The van der Waals surface area contributed by atoms with E-state index in [9.17, 15) is 43.5 Å². The molecule has 9 N–H and O–H groups in total. The Morgan fingerprint density at radius 3 is 2.29 bits per heavy atom. The van der Waals surface area contributed by atoms with Gasteiger partial charge >= 0.3 is 24.2 Å². The Balaban J connectivity index is 1.34. The zero-order valence-corrected chi connectivity index (χ0v) is 51.9. The summed E-state index contributed by atoms with van der Waals surface area (Å²) in [6.07, 6.45) is -0.675. The van der Waals surface area contributed by atoms with Gasteiger partial charge in [0.1, 0.15) is 58.4 Å². The molecule has 464 valence electrons. The lowest BCUT2D eigenvalue weighted by atomic mass is 9.83. The average molecular weight is 1330 g/mol. The molecule has 0 unspecified atom stereocenters. The third kappa shape index (κ3) is 18.7. The lowest BCUT2D eigenvalue weighted by molar-refractivity contribution is -0.147. The van der Waals surface area contributed by atoms with Crippen molar-refractivity contribution in [1.82, 2.24) is 21.3 Å². The van der Waals surface area contributed by atoms with E-state index in [-0.39, 0.29) is 67.2 Å². The van der Waals surface area contributed by atoms with Crippen LogP contribution in [0.2, 0.25) is 5.02 Å². The molecule has 2 aromatic rings. The number of amides is 8. The number of fused-ring (bicyclic) bond motifs is 5. The van der Waals surface area contributed by atoms with Gasteiger partial charge in [0.05, 0.1) is 49.2 Å². The number of ether oxygens (including phenoxy) is 6. The average Bonchev–Trinajstić information content (AvgIpc) is 2.00. The lowest BCUT2D eigenvalue weighted by Gasteiger charge is -2.42. The molecule has 2 saturated heterocycles. The van der Waals surface area contributed by atoms with E-state index in [2.05, 4.69) is 63.8 Å². The number of carbonyl (C=O) groups excluding carboxylic acids is 8. The highest BCUT2D eigenvalue weighted by Gasteiger charge is 2.64. The number of hydrogen-bond donors (Lipinski definition) is 8. The van der Waals surface area contributed by atoms with Crippen LogP contribution in [0.4, 0.5) is 40.2 Å². The molecular formula is C56H75Br2ClF2N8O15. The van der Waals surface area contributed by atoms with Gasteiger partial charge in [0.15, 0.2) is 5.72 Å². The first-order valence-electron chi connectivity index (χ1n) is 27.3. The predicted molar refractivity (Wildman–Crippen MR) is 314 cm³/mol. The van der Waals surface area contributed by atoms with Gasteiger partial charge in [-0.25, -0.2) is 23.2 Å². The number of nitrogens with zero attached hydrogens (tertiary/aromatic N) is 1. The van der Waals surface area contributed by atoms with Crippen LogP contribution in [0.3, 0.4) is 0 Å². The number of alkyl carbamates (subject to hydrolysis) is 1. The molecule has 5 rings (SSSR count). The number of benzene rings is 2. The smallest absolute Gasteiger partial charge is 0.412 e. The molecule has 0 aliphatic carbocycles. The topological polar surface area (TPSA) is 317 Å². The van der Waals surface area contributed by atoms with Crippen LogP contribution in [0.15, 0.2) is 48.1 Å². The van der Waals surface area contributed by atoms with E-state index in [1.165, 1.54) is 26.2 Å². The van der Waals surface area contributed by atoms with Crippen LogP contribution in [0, 0.1) is 29.4 Å². The monoisotopic (exact) mass is 1330 g/mol. The number of hydrogen-bond acceptors (Lipinski definition) is 15. The van der Waals surface area contributed by atoms with E-state index < -0.39 is 131 Å². The van der Waals surface area contributed by atoms with Gasteiger partial charge in [-0.2, -0.15) is 0 Å². The maximum atomic E-state index is 16.0. The number of rotatable bonds is 23. The number of anilines is 3. The van der Waals surface area contributed by atoms with Crippen molar-refractivity contribution in [1.29, 1.82) is 0 Å². The van der Waals surface area contributed by atoms with E-state index in [0.29, 0.717) is 54.0 Å². The van der Waals surface area contributed by atoms with Crippen molar-refractivity contribution in [3.8, 4) is 5.75 Å². The zero-order valence-electron chi connectivity index (χ0n) is 48.0. The molecule has 0 spiro atoms. The van der Waals surface area contributed by atoms with Crippen molar-refractivity contribution < 1.29 is 80.7 Å². The standard InChI is InChI=1S/C56H75Br2ClF2N8O15/c1-29(2)47(67-44(70)17-10-9-11-19-81-51(74)33(27-57)28-58)50(73)64-36(15-13-18-63-52(62)75)49(72)65-37-23-35(61)38(24-34(37)60)66-53(76)83-43-25-45(71)69(6)39-21-32(22-40(79-7)46(39)59)20-30(3)14-12-16-42(80-8)56(78)26-41(82-54(77)68-56)31(4)48-55(43,5)84-48/h12,14,16,21-24,29,31,33,36,41-43,47-48,78H,9-11,13,15,17-20,25-28H2,1-8H3,(H,64,73)(H,65,72)(H,66,76)(H,67,70)(H,68,77)(H3,62,63,75)/b16-12+,30-14+/t31-,36+,41+,42-,43+,47+,48+,55+,56+/m1/s1. The van der Waals surface area contributed by atoms with Gasteiger partial charge < -0.3 is 65.4 Å². The van der Waals surface area contributed by atoms with Gasteiger partial charge in [0.25, 0.3) is 0 Å². The Hall–Kier alpha value is -6.13. The Kier molecular flexibility index (Phi) is 25.6. The van der Waals surface area contributed by atoms with E-state index in [4.69, 9.17) is 45.8 Å². The summed E-state index contributed by atoms with van der Waals surface area (Å²) in [7, 11) is 4.23. The second-order valence-corrected chi connectivity index (χ2v) is 23.1. The maximum Gasteiger partial charge on any atom is 0.412 e. The van der Waals surface area contributed by atoms with Gasteiger partial charge in [-0.05, 0) is 76.0 Å². The fourth-order valence-electron chi connectivity index (χ4n) is 9.68. The molecule has 3 aliphatic rings. The highest BCUT2D eigenvalue weighted by atomic mass is 79.9. The number of primary amides is 1. The van der Waals surface area contributed by atoms with Crippen LogP contribution in [0.5, 0.6) is 5.75 Å². The second-order valence-electron chi connectivity index (χ2n) is 21.4. The van der Waals surface area contributed by atoms with Crippen LogP contribution in [0.1, 0.15) is 91.5 Å². The fraction of sp³-hybridized carbons (Fsp3) is 0.571. The molecular weight excluding hydrogens is 1260 g/mol. The summed E-state index contributed by atoms with van der Waals surface area (Å²) in [5.41, 5.74) is 2.06. The molecule has 4 bridgehead atoms. The number of epoxide rings is 1. The number of halogens is 5. The van der Waals surface area contributed by atoms with Crippen molar-refractivity contribution in [3.63, 3.8) is 0 Å². The number of aliphatic hydroxyl groups is 1. The summed E-state index contributed by atoms with van der Waals surface area (Å²) in [6.45, 7) is 8.56. The maximum absolute atomic E-state index is 16.0. The first-order valence-corrected chi connectivity index (χ1v) is 29.9. The summed E-state index contributed by atoms with van der Waals surface area (Å²) in [5, 5.41) is 27.4. The van der Waals surface area contributed by atoms with Crippen molar-refractivity contribution in [3.05, 3.63) is 70.3 Å². The molecule has 84 heavy (non-hydrogen) atoms. The molecule has 0 saturated carbocycles. The summed E-state index contributed by atoms with van der Waals surface area (Å²) < 4.78 is 66.3. The van der Waals surface area contributed by atoms with Crippen molar-refractivity contribution in [2.24, 2.45) is 23.5 Å². The van der Waals surface area contributed by atoms with Gasteiger partial charge in [-0.15, -0.1) is 0 Å². The Morgan fingerprint density at radius 1 is 0.976 bits per heavy atom. The first kappa shape index (κ1) is 68.6. The van der Waals surface area contributed by atoms with Gasteiger partial charge in [0.2, 0.25) is 23.6 Å². The number of nitrogens with one attached hydrogen (secondary N) is 6. The number of alkyl halides is 2. The van der Waals surface area contributed by atoms with Gasteiger partial charge in [-0.1, -0.05) is 88.0 Å². The molecule has 0 aromatic heterocycles. The van der Waals surface area contributed by atoms with Crippen molar-refractivity contribution >= 4 is 108 Å². The van der Waals surface area contributed by atoms with E-state index in [0.717, 1.165) is 5.57 Å². The summed E-state index contributed by atoms with van der Waals surface area (Å²) in [6, 6.07) is 1.12. The Morgan fingerprint density at radius 2 is 1.65 bits per heavy atom. The zero-order chi connectivity index (χ0) is 62.2. The van der Waals surface area contributed by atoms with Crippen LogP contribution < -0.4 is 47.3 Å². The molecule has 0 radical (unpaired) electrons. The number of allylic oxidation sites excluding steroid dienone is 3. The highest BCUT2D eigenvalue weighted by molar-refractivity contribution is 9.09. The third-order valence-corrected chi connectivity index (χ3v) is 16.6. The largest absolute Gasteiger partial charge is 0.495 e. The highest BCUT2D eigenvalue weighted by Crippen LogP contribution is 2.49. The number of carbonyl (C=O) groups is 8. The summed E-state index contributed by atoms with van der Waals surface area (Å²) in [5.74, 6) is -7.00. The number of methoxy groups -OCH3 is 2. The third-order valence-electron chi connectivity index (χ3n) is 14.6. The van der Waals surface area contributed by atoms with E-state index in [1.54, 1.807) is 58.1 Å². The predicted octanol–water partition coefficient (Wildman–Crippen LogP) is 7.17.